The van der Waals surface area contributed by atoms with Gasteiger partial charge in [-0.05, 0) is 18.8 Å². The normalized spacial score (nSPS) is 17.6. The molecule has 0 radical (unpaired) electrons. The van der Waals surface area contributed by atoms with Crippen LogP contribution in [0.3, 0.4) is 0 Å². The van der Waals surface area contributed by atoms with Gasteiger partial charge in [0.05, 0.1) is 0 Å². The fourth-order valence-electron chi connectivity index (χ4n) is 1.97. The quantitative estimate of drug-likeness (QED) is 0.807. The van der Waals surface area contributed by atoms with Crippen LogP contribution in [0.25, 0.3) is 0 Å². The first kappa shape index (κ1) is 14.0. The zero-order chi connectivity index (χ0) is 13.0. The summed E-state index contributed by atoms with van der Waals surface area (Å²) in [6, 6.07) is -0.372. The van der Waals surface area contributed by atoms with Crippen molar-refractivity contribution in [1.29, 1.82) is 0 Å². The molecule has 0 saturated carbocycles. The van der Waals surface area contributed by atoms with Crippen molar-refractivity contribution in [2.24, 2.45) is 11.8 Å². The summed E-state index contributed by atoms with van der Waals surface area (Å²) >= 11 is 0. The van der Waals surface area contributed by atoms with E-state index in [0.717, 1.165) is 25.9 Å². The molecule has 1 rings (SSSR count). The topological polar surface area (TPSA) is 49.4 Å². The van der Waals surface area contributed by atoms with Gasteiger partial charge in [0.15, 0.2) is 0 Å². The predicted octanol–water partition coefficient (Wildman–Crippen LogP) is 1.41. The molecule has 4 nitrogen and oxygen atoms in total. The Morgan fingerprint density at radius 3 is 2.00 bits per heavy atom. The number of rotatable bonds is 4. The molecule has 0 aliphatic carbocycles. The number of likely N-dealkylation sites (tertiary alicyclic amines) is 1. The maximum atomic E-state index is 12.3. The van der Waals surface area contributed by atoms with Crippen LogP contribution >= 0.6 is 0 Å². The van der Waals surface area contributed by atoms with E-state index in [4.69, 9.17) is 0 Å². The van der Waals surface area contributed by atoms with Gasteiger partial charge in [-0.15, -0.1) is 0 Å². The summed E-state index contributed by atoms with van der Waals surface area (Å²) in [5, 5.41) is 2.86. The van der Waals surface area contributed by atoms with Crippen molar-refractivity contribution in [2.75, 3.05) is 13.1 Å². The van der Waals surface area contributed by atoms with Gasteiger partial charge in [0.25, 0.3) is 0 Å². The monoisotopic (exact) mass is 240 g/mol. The van der Waals surface area contributed by atoms with E-state index in [1.165, 1.54) is 0 Å². The van der Waals surface area contributed by atoms with E-state index in [1.54, 1.807) is 0 Å². The van der Waals surface area contributed by atoms with Gasteiger partial charge in [-0.25, -0.2) is 0 Å². The smallest absolute Gasteiger partial charge is 0.245 e. The van der Waals surface area contributed by atoms with Crippen molar-refractivity contribution in [3.8, 4) is 0 Å². The number of nitrogens with one attached hydrogen (secondary N) is 1. The van der Waals surface area contributed by atoms with Gasteiger partial charge in [-0.1, -0.05) is 27.7 Å². The van der Waals surface area contributed by atoms with Crippen molar-refractivity contribution in [2.45, 2.75) is 46.6 Å². The van der Waals surface area contributed by atoms with Gasteiger partial charge in [0, 0.05) is 19.0 Å². The second kappa shape index (κ2) is 6.03. The summed E-state index contributed by atoms with van der Waals surface area (Å²) in [5.41, 5.74) is 0. The molecule has 2 amide bonds. The molecule has 0 aromatic rings. The fraction of sp³-hybridized carbons (Fsp3) is 0.846. The van der Waals surface area contributed by atoms with Gasteiger partial charge in [0.2, 0.25) is 11.8 Å². The minimum Gasteiger partial charge on any atom is -0.344 e. The van der Waals surface area contributed by atoms with Gasteiger partial charge in [-0.3, -0.25) is 9.59 Å². The third-order valence-electron chi connectivity index (χ3n) is 3.17. The Morgan fingerprint density at radius 2 is 1.59 bits per heavy atom. The van der Waals surface area contributed by atoms with Crippen LogP contribution in [0.5, 0.6) is 0 Å². The molecule has 0 spiro atoms. The Bertz CT molecular complexity index is 281. The Hall–Kier alpha value is -1.06. The second-order valence-corrected chi connectivity index (χ2v) is 5.42. The van der Waals surface area contributed by atoms with E-state index in [1.807, 2.05) is 32.6 Å². The van der Waals surface area contributed by atoms with Gasteiger partial charge in [-0.2, -0.15) is 0 Å². The summed E-state index contributed by atoms with van der Waals surface area (Å²) in [6.45, 7) is 9.29. The van der Waals surface area contributed by atoms with Crippen LogP contribution in [0, 0.1) is 11.8 Å². The molecule has 4 heteroatoms. The zero-order valence-electron chi connectivity index (χ0n) is 11.3. The third-order valence-corrected chi connectivity index (χ3v) is 3.17. The molecule has 0 aromatic heterocycles. The molecule has 98 valence electrons. The van der Waals surface area contributed by atoms with Crippen LogP contribution in [0.2, 0.25) is 0 Å². The van der Waals surface area contributed by atoms with Crippen molar-refractivity contribution >= 4 is 11.8 Å². The average molecular weight is 240 g/mol. The lowest BCUT2D eigenvalue weighted by molar-refractivity contribution is -0.137. The van der Waals surface area contributed by atoms with Crippen LogP contribution in [0.1, 0.15) is 40.5 Å². The lowest BCUT2D eigenvalue weighted by Crippen LogP contribution is -2.51. The van der Waals surface area contributed by atoms with Crippen LogP contribution in [0.15, 0.2) is 0 Å². The van der Waals surface area contributed by atoms with Crippen molar-refractivity contribution in [3.63, 3.8) is 0 Å². The maximum Gasteiger partial charge on any atom is 0.245 e. The lowest BCUT2D eigenvalue weighted by atomic mass is 10.0. The molecule has 0 unspecified atom stereocenters. The fourth-order valence-corrected chi connectivity index (χ4v) is 1.97. The summed E-state index contributed by atoms with van der Waals surface area (Å²) < 4.78 is 0. The number of amides is 2. The highest BCUT2D eigenvalue weighted by Crippen LogP contribution is 2.13. The summed E-state index contributed by atoms with van der Waals surface area (Å²) in [7, 11) is 0. The Kier molecular flexibility index (Phi) is 4.97. The van der Waals surface area contributed by atoms with E-state index >= 15 is 0 Å². The molecule has 1 N–H and O–H groups in total. The van der Waals surface area contributed by atoms with Crippen molar-refractivity contribution in [3.05, 3.63) is 0 Å². The molecule has 1 heterocycles. The number of carbonyl (C=O) groups is 2. The lowest BCUT2D eigenvalue weighted by Gasteiger charge is -2.27. The molecular formula is C13H24N2O2. The minimum absolute atomic E-state index is 0.0451. The molecule has 1 aliphatic heterocycles. The number of carbonyl (C=O) groups excluding carboxylic acids is 2. The van der Waals surface area contributed by atoms with Gasteiger partial charge >= 0.3 is 0 Å². The van der Waals surface area contributed by atoms with Gasteiger partial charge < -0.3 is 10.2 Å². The van der Waals surface area contributed by atoms with E-state index in [-0.39, 0.29) is 29.7 Å². The highest BCUT2D eigenvalue weighted by molar-refractivity contribution is 5.88. The molecule has 1 fully saturated rings. The van der Waals surface area contributed by atoms with Crippen LogP contribution in [0.4, 0.5) is 0 Å². The molecule has 1 atom stereocenters. The van der Waals surface area contributed by atoms with Crippen molar-refractivity contribution in [1.82, 2.24) is 10.2 Å². The highest BCUT2D eigenvalue weighted by Gasteiger charge is 2.30. The molecule has 0 bridgehead atoms. The molecule has 1 saturated heterocycles. The molecular weight excluding hydrogens is 216 g/mol. The van der Waals surface area contributed by atoms with Gasteiger partial charge in [0.1, 0.15) is 6.04 Å². The first-order chi connectivity index (χ1) is 7.93. The number of nitrogens with zero attached hydrogens (tertiary/aromatic N) is 1. The maximum absolute atomic E-state index is 12.3. The van der Waals surface area contributed by atoms with E-state index in [2.05, 4.69) is 5.32 Å². The molecule has 0 aromatic carbocycles. The van der Waals surface area contributed by atoms with Crippen molar-refractivity contribution < 1.29 is 9.59 Å². The van der Waals surface area contributed by atoms with Crippen LogP contribution < -0.4 is 5.32 Å². The highest BCUT2D eigenvalue weighted by atomic mass is 16.2. The third kappa shape index (κ3) is 3.72. The van der Waals surface area contributed by atoms with Crippen LogP contribution in [-0.4, -0.2) is 35.8 Å². The first-order valence-corrected chi connectivity index (χ1v) is 6.52. The standard InChI is InChI=1S/C13H24N2O2/c1-9(2)11(14-12(16)10(3)4)13(17)15-7-5-6-8-15/h9-11H,5-8H2,1-4H3,(H,14,16)/t11-/m0/s1. The van der Waals surface area contributed by atoms with E-state index in [9.17, 15) is 9.59 Å². The Balaban J connectivity index is 2.64. The zero-order valence-corrected chi connectivity index (χ0v) is 11.3. The SMILES string of the molecule is CC(C)C(=O)N[C@H](C(=O)N1CCCC1)C(C)C. The second-order valence-electron chi connectivity index (χ2n) is 5.42. The largest absolute Gasteiger partial charge is 0.344 e. The van der Waals surface area contributed by atoms with Crippen LogP contribution in [-0.2, 0) is 9.59 Å². The molecule has 17 heavy (non-hydrogen) atoms. The number of hydrogen-bond donors (Lipinski definition) is 1. The molecule has 1 aliphatic rings. The van der Waals surface area contributed by atoms with E-state index < -0.39 is 0 Å². The number of hydrogen-bond acceptors (Lipinski definition) is 2. The summed E-state index contributed by atoms with van der Waals surface area (Å²) in [5.74, 6) is 0.0798. The first-order valence-electron chi connectivity index (χ1n) is 6.52. The summed E-state index contributed by atoms with van der Waals surface area (Å²) in [4.78, 5) is 25.8. The average Bonchev–Trinajstić information content (AvgIpc) is 2.77. The Morgan fingerprint density at radius 1 is 1.06 bits per heavy atom. The minimum atomic E-state index is -0.372. The predicted molar refractivity (Wildman–Crippen MR) is 67.4 cm³/mol. The summed E-state index contributed by atoms with van der Waals surface area (Å²) in [6.07, 6.45) is 2.16. The Labute approximate surface area is 104 Å². The van der Waals surface area contributed by atoms with E-state index in [0.29, 0.717) is 0 Å².